The molecule has 7 nitrogen and oxygen atoms in total. The van der Waals surface area contributed by atoms with Crippen molar-refractivity contribution in [2.45, 2.75) is 33.7 Å². The zero-order valence-corrected chi connectivity index (χ0v) is 18.8. The van der Waals surface area contributed by atoms with Crippen LogP contribution < -0.4 is 5.32 Å². The molecule has 0 bridgehead atoms. The first kappa shape index (κ1) is 23.0. The zero-order valence-electron chi connectivity index (χ0n) is 18.8. The van der Waals surface area contributed by atoms with Crippen molar-refractivity contribution in [1.82, 2.24) is 14.8 Å². The van der Waals surface area contributed by atoms with Crippen molar-refractivity contribution in [2.24, 2.45) is 0 Å². The van der Waals surface area contributed by atoms with Crippen LogP contribution in [0.4, 0.5) is 0 Å². The lowest BCUT2D eigenvalue weighted by molar-refractivity contribution is 0.0374. The van der Waals surface area contributed by atoms with E-state index in [9.17, 15) is 9.59 Å². The van der Waals surface area contributed by atoms with E-state index in [0.717, 1.165) is 50.5 Å². The van der Waals surface area contributed by atoms with Crippen LogP contribution in [0.25, 0.3) is 0 Å². The molecule has 0 spiro atoms. The molecule has 0 atom stereocenters. The second-order valence-corrected chi connectivity index (χ2v) is 7.79. The minimum absolute atomic E-state index is 0.144. The monoisotopic (exact) mass is 427 g/mol. The van der Waals surface area contributed by atoms with Crippen LogP contribution in [0.2, 0.25) is 0 Å². The van der Waals surface area contributed by atoms with Crippen molar-refractivity contribution in [1.29, 1.82) is 0 Å². The summed E-state index contributed by atoms with van der Waals surface area (Å²) in [7, 11) is 0. The predicted octanol–water partition coefficient (Wildman–Crippen LogP) is 2.78. The van der Waals surface area contributed by atoms with E-state index in [1.54, 1.807) is 6.92 Å². The lowest BCUT2D eigenvalue weighted by atomic mass is 10.1. The van der Waals surface area contributed by atoms with Crippen LogP contribution in [-0.2, 0) is 16.0 Å². The number of hydrogen-bond acceptors (Lipinski definition) is 5. The van der Waals surface area contributed by atoms with Gasteiger partial charge in [-0.05, 0) is 44.9 Å². The van der Waals surface area contributed by atoms with E-state index >= 15 is 0 Å². The third kappa shape index (κ3) is 5.74. The maximum atomic E-state index is 13.0. The maximum absolute atomic E-state index is 13.0. The quantitative estimate of drug-likeness (QED) is 0.492. The third-order valence-corrected chi connectivity index (χ3v) is 5.69. The van der Waals surface area contributed by atoms with E-state index in [-0.39, 0.29) is 12.5 Å². The number of amides is 1. The molecule has 7 heteroatoms. The maximum Gasteiger partial charge on any atom is 0.355 e. The van der Waals surface area contributed by atoms with Gasteiger partial charge in [-0.3, -0.25) is 9.69 Å². The Balaban J connectivity index is 1.74. The minimum atomic E-state index is -0.398. The van der Waals surface area contributed by atoms with Gasteiger partial charge >= 0.3 is 5.97 Å². The Morgan fingerprint density at radius 2 is 1.84 bits per heavy atom. The molecule has 1 aliphatic heterocycles. The first-order chi connectivity index (χ1) is 15.0. The topological polar surface area (TPSA) is 72.8 Å². The van der Waals surface area contributed by atoms with Crippen LogP contribution >= 0.6 is 0 Å². The Morgan fingerprint density at radius 3 is 2.52 bits per heavy atom. The number of ether oxygens (including phenoxy) is 2. The second kappa shape index (κ2) is 11.1. The highest BCUT2D eigenvalue weighted by molar-refractivity contribution is 6.01. The van der Waals surface area contributed by atoms with Crippen molar-refractivity contribution >= 4 is 11.9 Å². The number of nitrogens with zero attached hydrogens (tertiary/aromatic N) is 2. The van der Waals surface area contributed by atoms with Crippen molar-refractivity contribution in [3.05, 3.63) is 58.4 Å². The van der Waals surface area contributed by atoms with Crippen LogP contribution in [-0.4, -0.2) is 67.3 Å². The van der Waals surface area contributed by atoms with Gasteiger partial charge in [-0.15, -0.1) is 0 Å². The number of morpholine rings is 1. The van der Waals surface area contributed by atoms with E-state index in [1.165, 1.54) is 0 Å². The summed E-state index contributed by atoms with van der Waals surface area (Å²) in [5, 5.41) is 3.03. The number of esters is 1. The van der Waals surface area contributed by atoms with Crippen molar-refractivity contribution < 1.29 is 19.1 Å². The molecule has 3 rings (SSSR count). The van der Waals surface area contributed by atoms with Gasteiger partial charge in [0.25, 0.3) is 5.91 Å². The zero-order chi connectivity index (χ0) is 22.2. The third-order valence-electron chi connectivity index (χ3n) is 5.69. The van der Waals surface area contributed by atoms with Gasteiger partial charge in [-0.1, -0.05) is 30.3 Å². The van der Waals surface area contributed by atoms with Gasteiger partial charge in [0.15, 0.2) is 0 Å². The normalized spacial score (nSPS) is 14.4. The summed E-state index contributed by atoms with van der Waals surface area (Å²) in [4.78, 5) is 28.1. The molecule has 2 heterocycles. The number of aromatic nitrogens is 1. The van der Waals surface area contributed by atoms with Gasteiger partial charge in [0.05, 0.1) is 25.4 Å². The van der Waals surface area contributed by atoms with Crippen molar-refractivity contribution in [3.63, 3.8) is 0 Å². The molecule has 1 aromatic heterocycles. The highest BCUT2D eigenvalue weighted by atomic mass is 16.5. The average Bonchev–Trinajstić information content (AvgIpc) is 3.02. The Kier molecular flexibility index (Phi) is 8.26. The summed E-state index contributed by atoms with van der Waals surface area (Å²) in [6.45, 7) is 11.3. The summed E-state index contributed by atoms with van der Waals surface area (Å²) in [6, 6.07) is 9.91. The fraction of sp³-hybridized carbons (Fsp3) is 0.500. The molecular formula is C24H33N3O4. The van der Waals surface area contributed by atoms with E-state index < -0.39 is 5.97 Å². The number of hydrogen-bond donors (Lipinski definition) is 1. The average molecular weight is 428 g/mol. The van der Waals surface area contributed by atoms with Gasteiger partial charge in [-0.25, -0.2) is 4.79 Å². The summed E-state index contributed by atoms with van der Waals surface area (Å²) in [6.07, 6.45) is 0.874. The molecule has 0 aliphatic carbocycles. The largest absolute Gasteiger partial charge is 0.461 e. The van der Waals surface area contributed by atoms with Gasteiger partial charge in [0.1, 0.15) is 5.69 Å². The summed E-state index contributed by atoms with van der Waals surface area (Å²) in [5.74, 6) is -0.542. The molecule has 1 aliphatic rings. The summed E-state index contributed by atoms with van der Waals surface area (Å²) >= 11 is 0. The van der Waals surface area contributed by atoms with Crippen LogP contribution in [0.3, 0.4) is 0 Å². The standard InChI is InChI=1S/C24H33N3O4/c1-4-31-24(29)22-18(2)21(19(3)27(22)17-20-9-6-5-7-10-20)23(28)25-11-8-12-26-13-15-30-16-14-26/h5-7,9-10H,4,8,11-17H2,1-3H3,(H,25,28). The Labute approximate surface area is 184 Å². The number of benzene rings is 1. The molecule has 1 aromatic carbocycles. The van der Waals surface area contributed by atoms with Gasteiger partial charge in [0, 0.05) is 31.9 Å². The highest BCUT2D eigenvalue weighted by Crippen LogP contribution is 2.24. The Hall–Kier alpha value is -2.64. The molecule has 1 saturated heterocycles. The molecule has 0 saturated carbocycles. The first-order valence-electron chi connectivity index (χ1n) is 11.0. The predicted molar refractivity (Wildman–Crippen MR) is 120 cm³/mol. The van der Waals surface area contributed by atoms with Crippen LogP contribution in [0, 0.1) is 13.8 Å². The summed E-state index contributed by atoms with van der Waals surface area (Å²) in [5.41, 5.74) is 3.50. The lowest BCUT2D eigenvalue weighted by Gasteiger charge is -2.26. The first-order valence-corrected chi connectivity index (χ1v) is 11.0. The van der Waals surface area contributed by atoms with E-state index in [2.05, 4.69) is 10.2 Å². The highest BCUT2D eigenvalue weighted by Gasteiger charge is 2.27. The lowest BCUT2D eigenvalue weighted by Crippen LogP contribution is -2.38. The Bertz CT molecular complexity index is 886. The Morgan fingerprint density at radius 1 is 1.13 bits per heavy atom. The summed E-state index contributed by atoms with van der Waals surface area (Å²) < 4.78 is 12.6. The molecule has 0 unspecified atom stereocenters. The number of carbonyl (C=O) groups is 2. The number of carbonyl (C=O) groups excluding carboxylic acids is 2. The van der Waals surface area contributed by atoms with Gasteiger partial charge in [0.2, 0.25) is 0 Å². The van der Waals surface area contributed by atoms with Crippen LogP contribution in [0.1, 0.15) is 51.0 Å². The molecule has 1 N–H and O–H groups in total. The smallest absolute Gasteiger partial charge is 0.355 e. The van der Waals surface area contributed by atoms with E-state index in [0.29, 0.717) is 29.9 Å². The molecule has 2 aromatic rings. The number of rotatable bonds is 9. The fourth-order valence-corrected chi connectivity index (χ4v) is 4.07. The minimum Gasteiger partial charge on any atom is -0.461 e. The molecule has 31 heavy (non-hydrogen) atoms. The molecule has 1 amide bonds. The number of nitrogens with one attached hydrogen (secondary N) is 1. The van der Waals surface area contributed by atoms with Gasteiger partial charge in [-0.2, -0.15) is 0 Å². The van der Waals surface area contributed by atoms with Crippen LogP contribution in [0.5, 0.6) is 0 Å². The van der Waals surface area contributed by atoms with E-state index in [4.69, 9.17) is 9.47 Å². The molecule has 168 valence electrons. The molecule has 1 fully saturated rings. The van der Waals surface area contributed by atoms with Crippen LogP contribution in [0.15, 0.2) is 30.3 Å². The molecule has 0 radical (unpaired) electrons. The van der Waals surface area contributed by atoms with Gasteiger partial charge < -0.3 is 19.4 Å². The second-order valence-electron chi connectivity index (χ2n) is 7.79. The van der Waals surface area contributed by atoms with Crippen molar-refractivity contribution in [2.75, 3.05) is 46.0 Å². The fourth-order valence-electron chi connectivity index (χ4n) is 4.07. The van der Waals surface area contributed by atoms with Crippen molar-refractivity contribution in [3.8, 4) is 0 Å². The SMILES string of the molecule is CCOC(=O)c1c(C)c(C(=O)NCCCN2CCOCC2)c(C)n1Cc1ccccc1. The van der Waals surface area contributed by atoms with E-state index in [1.807, 2.05) is 48.7 Å². The molecular weight excluding hydrogens is 394 g/mol.